The van der Waals surface area contributed by atoms with Gasteiger partial charge in [-0.25, -0.2) is 0 Å². The van der Waals surface area contributed by atoms with Crippen LogP contribution in [0.5, 0.6) is 0 Å². The van der Waals surface area contributed by atoms with Crippen molar-refractivity contribution in [1.82, 2.24) is 0 Å². The van der Waals surface area contributed by atoms with Crippen molar-refractivity contribution < 1.29 is 4.57 Å². The van der Waals surface area contributed by atoms with E-state index in [4.69, 9.17) is 0 Å². The van der Waals surface area contributed by atoms with Crippen LogP contribution in [0, 0.1) is 0 Å². The topological polar surface area (TPSA) is 17.1 Å². The average molecular weight is 207 g/mol. The van der Waals surface area contributed by atoms with Crippen molar-refractivity contribution in [2.24, 2.45) is 0 Å². The third-order valence-corrected chi connectivity index (χ3v) is 4.50. The van der Waals surface area contributed by atoms with Crippen LogP contribution in [0.2, 0.25) is 0 Å². The maximum absolute atomic E-state index is 11.9. The van der Waals surface area contributed by atoms with Crippen LogP contribution in [-0.4, -0.2) is 0 Å². The predicted octanol–water partition coefficient (Wildman–Crippen LogP) is 2.53. The van der Waals surface area contributed by atoms with Gasteiger partial charge in [-0.15, -0.1) is 11.3 Å². The largest absolute Gasteiger partial charge is 0.276 e. The Labute approximate surface area is 81.8 Å². The van der Waals surface area contributed by atoms with Gasteiger partial charge in [0.1, 0.15) is 7.80 Å². The van der Waals surface area contributed by atoms with Crippen LogP contribution in [0.25, 0.3) is 0 Å². The molecule has 0 amide bonds. The highest BCUT2D eigenvalue weighted by Gasteiger charge is 2.06. The molecule has 0 aliphatic rings. The molecule has 0 aliphatic carbocycles. The van der Waals surface area contributed by atoms with Crippen LogP contribution in [0.4, 0.5) is 0 Å². The zero-order valence-electron chi connectivity index (χ0n) is 6.88. The van der Waals surface area contributed by atoms with Gasteiger partial charge in [0, 0.05) is 5.30 Å². The molecule has 0 bridgehead atoms. The maximum Gasteiger partial charge on any atom is 0.146 e. The molecule has 2 aromatic rings. The Bertz CT molecular complexity index is 394. The molecule has 1 heterocycles. The number of thiophene rings is 1. The number of benzene rings is 1. The summed E-state index contributed by atoms with van der Waals surface area (Å²) in [5.74, 6) is 0. The fourth-order valence-corrected chi connectivity index (χ4v) is 3.33. The zero-order chi connectivity index (χ0) is 9.10. The van der Waals surface area contributed by atoms with Crippen LogP contribution >= 0.6 is 19.1 Å². The van der Waals surface area contributed by atoms with Gasteiger partial charge in [-0.3, -0.25) is 4.57 Å². The van der Waals surface area contributed by atoms with Gasteiger partial charge in [-0.05, 0) is 23.6 Å². The van der Waals surface area contributed by atoms with E-state index in [1.165, 1.54) is 0 Å². The summed E-state index contributed by atoms with van der Waals surface area (Å²) in [5, 5.41) is 2.85. The Balaban J connectivity index is 2.34. The Kier molecular flexibility index (Phi) is 2.53. The highest BCUT2D eigenvalue weighted by atomic mass is 32.1. The molecule has 1 aromatic carbocycles. The van der Waals surface area contributed by atoms with Crippen LogP contribution in [-0.2, 0) is 4.57 Å². The minimum Gasteiger partial charge on any atom is -0.276 e. The van der Waals surface area contributed by atoms with Crippen molar-refractivity contribution in [2.45, 2.75) is 0 Å². The molecule has 0 saturated heterocycles. The molecule has 3 heteroatoms. The summed E-state index contributed by atoms with van der Waals surface area (Å²) >= 11 is 1.54. The molecule has 0 saturated carbocycles. The minimum atomic E-state index is -1.37. The zero-order valence-corrected chi connectivity index (χ0v) is 8.59. The first-order valence-corrected chi connectivity index (χ1v) is 6.07. The first-order chi connectivity index (χ1) is 6.38. The number of hydrogen-bond acceptors (Lipinski definition) is 2. The van der Waals surface area contributed by atoms with Crippen LogP contribution < -0.4 is 9.92 Å². The molecule has 0 spiro atoms. The smallest absolute Gasteiger partial charge is 0.146 e. The standard InChI is InChI=1S/C10H8OPS/c11-12(10-7-4-8-13-10)9-5-2-1-3-6-9/h1-8H. The van der Waals surface area contributed by atoms with E-state index in [0.717, 1.165) is 9.92 Å². The molecule has 2 rings (SSSR count). The second-order valence-electron chi connectivity index (χ2n) is 2.58. The van der Waals surface area contributed by atoms with Crippen molar-refractivity contribution >= 4 is 29.1 Å². The lowest BCUT2D eigenvalue weighted by Gasteiger charge is -1.96. The van der Waals surface area contributed by atoms with E-state index in [1.807, 2.05) is 47.8 Å². The Morgan fingerprint density at radius 1 is 1.00 bits per heavy atom. The van der Waals surface area contributed by atoms with Gasteiger partial charge in [0.2, 0.25) is 0 Å². The van der Waals surface area contributed by atoms with Crippen LogP contribution in [0.1, 0.15) is 0 Å². The van der Waals surface area contributed by atoms with Gasteiger partial charge in [0.15, 0.2) is 0 Å². The normalized spacial score (nSPS) is 11.2. The summed E-state index contributed by atoms with van der Waals surface area (Å²) in [6.45, 7) is 0. The second-order valence-corrected chi connectivity index (χ2v) is 5.42. The summed E-state index contributed by atoms with van der Waals surface area (Å²) in [4.78, 5) is 0. The molecule has 1 unspecified atom stereocenters. The quantitative estimate of drug-likeness (QED) is 0.691. The first-order valence-electron chi connectivity index (χ1n) is 3.94. The van der Waals surface area contributed by atoms with Crippen molar-refractivity contribution in [3.8, 4) is 0 Å². The second kappa shape index (κ2) is 3.82. The summed E-state index contributed by atoms with van der Waals surface area (Å²) in [6, 6.07) is 13.4. The van der Waals surface area contributed by atoms with Gasteiger partial charge in [0.05, 0.1) is 4.62 Å². The molecule has 13 heavy (non-hydrogen) atoms. The van der Waals surface area contributed by atoms with E-state index in [1.54, 1.807) is 11.3 Å². The number of rotatable bonds is 2. The highest BCUT2D eigenvalue weighted by molar-refractivity contribution is 7.67. The molecule has 65 valence electrons. The van der Waals surface area contributed by atoms with Gasteiger partial charge in [-0.1, -0.05) is 24.3 Å². The van der Waals surface area contributed by atoms with E-state index in [0.29, 0.717) is 0 Å². The lowest BCUT2D eigenvalue weighted by molar-refractivity contribution is 0.598. The lowest BCUT2D eigenvalue weighted by atomic mass is 10.4. The Morgan fingerprint density at radius 2 is 1.77 bits per heavy atom. The van der Waals surface area contributed by atoms with E-state index < -0.39 is 7.80 Å². The SMILES string of the molecule is O=[P](c1ccccc1)c1cccs1. The maximum atomic E-state index is 11.9. The number of hydrogen-bond donors (Lipinski definition) is 0. The third-order valence-electron chi connectivity index (χ3n) is 1.70. The third kappa shape index (κ3) is 1.85. The molecular weight excluding hydrogens is 199 g/mol. The van der Waals surface area contributed by atoms with Gasteiger partial charge in [0.25, 0.3) is 0 Å². The van der Waals surface area contributed by atoms with Crippen molar-refractivity contribution in [3.63, 3.8) is 0 Å². The monoisotopic (exact) mass is 207 g/mol. The summed E-state index contributed by atoms with van der Waals surface area (Å²) in [7, 11) is -1.37. The lowest BCUT2D eigenvalue weighted by Crippen LogP contribution is -2.01. The van der Waals surface area contributed by atoms with Crippen molar-refractivity contribution in [2.75, 3.05) is 0 Å². The van der Waals surface area contributed by atoms with E-state index in [-0.39, 0.29) is 0 Å². The average Bonchev–Trinajstić information content (AvgIpc) is 2.71. The van der Waals surface area contributed by atoms with E-state index >= 15 is 0 Å². The van der Waals surface area contributed by atoms with Crippen molar-refractivity contribution in [3.05, 3.63) is 47.8 Å². The Hall–Kier alpha value is -0.980. The first kappa shape index (κ1) is 8.61. The van der Waals surface area contributed by atoms with Crippen molar-refractivity contribution in [1.29, 1.82) is 0 Å². The summed E-state index contributed by atoms with van der Waals surface area (Å²) in [5.41, 5.74) is 0. The highest BCUT2D eigenvalue weighted by Crippen LogP contribution is 2.21. The summed E-state index contributed by atoms with van der Waals surface area (Å²) < 4.78 is 12.8. The summed E-state index contributed by atoms with van der Waals surface area (Å²) in [6.07, 6.45) is 0. The van der Waals surface area contributed by atoms with Crippen LogP contribution in [0.15, 0.2) is 47.8 Å². The molecule has 1 radical (unpaired) electrons. The minimum absolute atomic E-state index is 0.903. The predicted molar refractivity (Wildman–Crippen MR) is 57.6 cm³/mol. The molecule has 1 nitrogen and oxygen atoms in total. The van der Waals surface area contributed by atoms with Gasteiger partial charge < -0.3 is 0 Å². The molecule has 0 fully saturated rings. The van der Waals surface area contributed by atoms with Gasteiger partial charge in [-0.2, -0.15) is 0 Å². The fraction of sp³-hybridized carbons (Fsp3) is 0. The molecular formula is C10H8OPS. The fourth-order valence-electron chi connectivity index (χ4n) is 1.08. The molecule has 0 aliphatic heterocycles. The Morgan fingerprint density at radius 3 is 2.38 bits per heavy atom. The van der Waals surface area contributed by atoms with Crippen LogP contribution in [0.3, 0.4) is 0 Å². The molecule has 1 aromatic heterocycles. The molecule has 1 atom stereocenters. The molecule has 0 N–H and O–H groups in total. The van der Waals surface area contributed by atoms with E-state index in [2.05, 4.69) is 0 Å². The van der Waals surface area contributed by atoms with E-state index in [9.17, 15) is 4.57 Å². The van der Waals surface area contributed by atoms with Gasteiger partial charge >= 0.3 is 0 Å².